The van der Waals surface area contributed by atoms with Crippen molar-refractivity contribution in [2.45, 2.75) is 39.0 Å². The van der Waals surface area contributed by atoms with Crippen LogP contribution in [0.4, 0.5) is 0 Å². The van der Waals surface area contributed by atoms with E-state index in [1.807, 2.05) is 35.9 Å². The maximum absolute atomic E-state index is 11.6. The van der Waals surface area contributed by atoms with E-state index in [-0.39, 0.29) is 23.1 Å². The van der Waals surface area contributed by atoms with Crippen molar-refractivity contribution in [1.29, 1.82) is 0 Å². The summed E-state index contributed by atoms with van der Waals surface area (Å²) in [5.41, 5.74) is 3.36. The lowest BCUT2D eigenvalue weighted by molar-refractivity contribution is 0.395. The summed E-state index contributed by atoms with van der Waals surface area (Å²) in [6.07, 6.45) is 3.25. The first-order valence-electron chi connectivity index (χ1n) is 12.9. The summed E-state index contributed by atoms with van der Waals surface area (Å²) in [5.74, 6) is 1.57. The van der Waals surface area contributed by atoms with Gasteiger partial charge in [-0.15, -0.1) is 10.2 Å². The van der Waals surface area contributed by atoms with Crippen molar-refractivity contribution in [3.8, 4) is 45.7 Å². The largest absolute Gasteiger partial charge is 0.506 e. The zero-order valence-corrected chi connectivity index (χ0v) is 22.4. The highest BCUT2D eigenvalue weighted by molar-refractivity contribution is 5.88. The molecule has 202 valence electrons. The molecule has 0 aliphatic rings. The number of aromatic hydroxyl groups is 2. The van der Waals surface area contributed by atoms with Crippen LogP contribution in [-0.4, -0.2) is 49.2 Å². The molecule has 0 saturated carbocycles. The number of benzene rings is 2. The molecule has 2 N–H and O–H groups in total. The van der Waals surface area contributed by atoms with Crippen LogP contribution in [-0.2, 0) is 26.3 Å². The number of pyridine rings is 1. The zero-order valence-electron chi connectivity index (χ0n) is 22.4. The number of rotatable bonds is 10. The van der Waals surface area contributed by atoms with Crippen LogP contribution < -0.4 is 9.47 Å². The average Bonchev–Trinajstić information content (AvgIpc) is 3.54. The predicted octanol–water partition coefficient (Wildman–Crippen LogP) is 5.24. The highest BCUT2D eigenvalue weighted by atomic mass is 16.5. The predicted molar refractivity (Wildman–Crippen MR) is 146 cm³/mol. The molecule has 2 aromatic carbocycles. The monoisotopic (exact) mass is 529 g/mol. The number of aryl methyl sites for hydroxylation is 4. The van der Waals surface area contributed by atoms with Crippen LogP contribution in [0.5, 0.6) is 23.1 Å². The second kappa shape index (κ2) is 11.0. The van der Waals surface area contributed by atoms with E-state index in [0.717, 1.165) is 29.7 Å². The molecule has 0 bridgehead atoms. The minimum absolute atomic E-state index is 0.0327. The van der Waals surface area contributed by atoms with Gasteiger partial charge in [0.2, 0.25) is 11.8 Å². The third-order valence-electron chi connectivity index (χ3n) is 6.79. The van der Waals surface area contributed by atoms with Gasteiger partial charge in [-0.1, -0.05) is 31.5 Å². The van der Waals surface area contributed by atoms with E-state index in [1.54, 1.807) is 32.4 Å². The molecule has 10 heteroatoms. The number of ether oxygens (including phenoxy) is 2. The fraction of sp³-hybridized carbons (Fsp3) is 0.310. The number of imidazole rings is 1. The molecule has 0 spiro atoms. The Bertz CT molecular complexity index is 1600. The summed E-state index contributed by atoms with van der Waals surface area (Å²) in [5, 5.41) is 30.8. The third-order valence-corrected chi connectivity index (χ3v) is 6.79. The van der Waals surface area contributed by atoms with Crippen LogP contribution >= 0.6 is 0 Å². The molecule has 0 aliphatic carbocycles. The molecule has 3 heterocycles. The quantitative estimate of drug-likeness (QED) is 0.249. The minimum Gasteiger partial charge on any atom is -0.506 e. The molecule has 5 rings (SSSR count). The number of hydrogen-bond donors (Lipinski definition) is 2. The Morgan fingerprint density at radius 1 is 0.846 bits per heavy atom. The Morgan fingerprint density at radius 2 is 1.59 bits per heavy atom. The van der Waals surface area contributed by atoms with Crippen LogP contribution in [0.2, 0.25) is 0 Å². The van der Waals surface area contributed by atoms with Crippen LogP contribution in [0.25, 0.3) is 33.6 Å². The highest BCUT2D eigenvalue weighted by Crippen LogP contribution is 2.49. The third kappa shape index (κ3) is 4.85. The van der Waals surface area contributed by atoms with Crippen LogP contribution in [0, 0.1) is 0 Å². The Hall–Kier alpha value is -4.60. The van der Waals surface area contributed by atoms with E-state index < -0.39 is 0 Å². The zero-order chi connectivity index (χ0) is 27.5. The number of unbranched alkanes of at least 4 members (excludes halogenated alkanes) is 1. The van der Waals surface area contributed by atoms with Gasteiger partial charge < -0.3 is 28.7 Å². The molecule has 39 heavy (non-hydrogen) atoms. The van der Waals surface area contributed by atoms with E-state index in [4.69, 9.17) is 18.9 Å². The van der Waals surface area contributed by atoms with Gasteiger partial charge in [0.25, 0.3) is 5.89 Å². The first-order valence-corrected chi connectivity index (χ1v) is 12.9. The van der Waals surface area contributed by atoms with Crippen molar-refractivity contribution >= 4 is 11.0 Å². The second-order valence-electron chi connectivity index (χ2n) is 9.20. The van der Waals surface area contributed by atoms with Crippen molar-refractivity contribution in [1.82, 2.24) is 24.7 Å². The van der Waals surface area contributed by atoms with E-state index in [1.165, 1.54) is 0 Å². The summed E-state index contributed by atoms with van der Waals surface area (Å²) in [6.45, 7) is 2.06. The van der Waals surface area contributed by atoms with E-state index in [2.05, 4.69) is 22.1 Å². The lowest BCUT2D eigenvalue weighted by atomic mass is 9.95. The topological polar surface area (TPSA) is 129 Å². The molecule has 0 unspecified atom stereocenters. The van der Waals surface area contributed by atoms with E-state index >= 15 is 0 Å². The van der Waals surface area contributed by atoms with Gasteiger partial charge >= 0.3 is 0 Å². The van der Waals surface area contributed by atoms with E-state index in [0.29, 0.717) is 53.5 Å². The molecule has 0 amide bonds. The van der Waals surface area contributed by atoms with Crippen molar-refractivity contribution in [3.63, 3.8) is 0 Å². The summed E-state index contributed by atoms with van der Waals surface area (Å²) >= 11 is 0. The average molecular weight is 530 g/mol. The number of fused-ring (bicyclic) bond motifs is 1. The summed E-state index contributed by atoms with van der Waals surface area (Å²) < 4.78 is 19.2. The Balaban J connectivity index is 1.54. The van der Waals surface area contributed by atoms with Crippen LogP contribution in [0.15, 0.2) is 46.9 Å². The molecule has 0 saturated heterocycles. The van der Waals surface area contributed by atoms with Gasteiger partial charge in [0, 0.05) is 19.9 Å². The maximum Gasteiger partial charge on any atom is 0.256 e. The first-order chi connectivity index (χ1) is 19.0. The molecule has 10 nitrogen and oxygen atoms in total. The number of methoxy groups -OCH3 is 2. The summed E-state index contributed by atoms with van der Waals surface area (Å²) in [7, 11) is 5.06. The number of hydrogen-bond acceptors (Lipinski definition) is 9. The molecular formula is C29H31N5O5. The first kappa shape index (κ1) is 26.0. The molecule has 3 aromatic heterocycles. The molecule has 0 radical (unpaired) electrons. The Kier molecular flexibility index (Phi) is 7.36. The minimum atomic E-state index is -0.387. The van der Waals surface area contributed by atoms with Crippen LogP contribution in [0.1, 0.15) is 37.2 Å². The number of nitrogens with zero attached hydrogens (tertiary/aromatic N) is 5. The fourth-order valence-electron chi connectivity index (χ4n) is 4.78. The van der Waals surface area contributed by atoms with Gasteiger partial charge in [0.15, 0.2) is 0 Å². The van der Waals surface area contributed by atoms with Crippen molar-refractivity contribution < 1.29 is 24.1 Å². The van der Waals surface area contributed by atoms with Crippen molar-refractivity contribution in [2.24, 2.45) is 7.05 Å². The smallest absolute Gasteiger partial charge is 0.256 e. The van der Waals surface area contributed by atoms with E-state index in [9.17, 15) is 10.2 Å². The summed E-state index contributed by atoms with van der Waals surface area (Å²) in [4.78, 5) is 9.15. The number of aromatic nitrogens is 5. The second-order valence-corrected chi connectivity index (χ2v) is 9.20. The van der Waals surface area contributed by atoms with Gasteiger partial charge in [0.1, 0.15) is 28.6 Å². The highest BCUT2D eigenvalue weighted by Gasteiger charge is 2.28. The van der Waals surface area contributed by atoms with Crippen LogP contribution in [0.3, 0.4) is 0 Å². The van der Waals surface area contributed by atoms with Crippen molar-refractivity contribution in [2.75, 3.05) is 14.2 Å². The van der Waals surface area contributed by atoms with Gasteiger partial charge in [-0.2, -0.15) is 0 Å². The fourth-order valence-corrected chi connectivity index (χ4v) is 4.78. The molecular weight excluding hydrogens is 498 g/mol. The van der Waals surface area contributed by atoms with Gasteiger partial charge in [0.05, 0.1) is 42.1 Å². The van der Waals surface area contributed by atoms with Crippen molar-refractivity contribution in [3.05, 3.63) is 59.9 Å². The van der Waals surface area contributed by atoms with Gasteiger partial charge in [-0.05, 0) is 37.1 Å². The molecule has 0 aliphatic heterocycles. The van der Waals surface area contributed by atoms with Gasteiger partial charge in [-0.25, -0.2) is 9.97 Å². The Labute approximate surface area is 225 Å². The van der Waals surface area contributed by atoms with Gasteiger partial charge in [-0.3, -0.25) is 0 Å². The normalized spacial score (nSPS) is 11.3. The lowest BCUT2D eigenvalue weighted by Crippen LogP contribution is -2.01. The number of para-hydroxylation sites is 2. The molecule has 0 fully saturated rings. The maximum atomic E-state index is 11.6. The molecule has 5 aromatic rings. The standard InChI is InChI=1S/C29H31N5O5/c1-5-6-10-18-24(25-20(37-3)13-9-14-21(25)38-4)27(35)26(28(36)31-18)29-33-32-23(39-29)16-15-22-30-17-11-7-8-12-19(17)34(22)2/h7-9,11-14H,5-6,10,15-16H2,1-4H3,(H2,31,35,36). The molecule has 0 atom stereocenters. The Morgan fingerprint density at radius 3 is 2.28 bits per heavy atom. The SMILES string of the molecule is CCCCc1nc(O)c(-c2nnc(CCc3nc4ccccc4n3C)o2)c(O)c1-c1c(OC)cccc1OC. The summed E-state index contributed by atoms with van der Waals surface area (Å²) in [6, 6.07) is 13.3. The lowest BCUT2D eigenvalue weighted by Gasteiger charge is -2.18.